The molecule has 0 amide bonds. The summed E-state index contributed by atoms with van der Waals surface area (Å²) < 4.78 is 0. The lowest BCUT2D eigenvalue weighted by molar-refractivity contribution is 0.204. The van der Waals surface area contributed by atoms with Crippen molar-refractivity contribution in [2.45, 2.75) is 13.0 Å². The van der Waals surface area contributed by atoms with Crippen molar-refractivity contribution in [3.05, 3.63) is 35.4 Å². The molecule has 0 saturated carbocycles. The molecule has 0 radical (unpaired) electrons. The molecule has 0 aliphatic carbocycles. The lowest BCUT2D eigenvalue weighted by Gasteiger charge is -2.08. The standard InChI is InChI=1S/C10H14OS/c1-8-3-5-9(6-4-8)10(11)7-12-2/h3-6,10-11H,7H2,1-2H3. The van der Waals surface area contributed by atoms with E-state index in [0.29, 0.717) is 0 Å². The fourth-order valence-corrected chi connectivity index (χ4v) is 1.55. The van der Waals surface area contributed by atoms with Crippen molar-refractivity contribution in [2.75, 3.05) is 12.0 Å². The smallest absolute Gasteiger partial charge is 0.0880 e. The fraction of sp³-hybridized carbons (Fsp3) is 0.400. The second-order valence-electron chi connectivity index (χ2n) is 2.88. The number of rotatable bonds is 3. The van der Waals surface area contributed by atoms with Crippen LogP contribution in [0.3, 0.4) is 0 Å². The molecular weight excluding hydrogens is 168 g/mol. The Hall–Kier alpha value is -0.470. The van der Waals surface area contributed by atoms with Gasteiger partial charge in [0.15, 0.2) is 0 Å². The Bertz CT molecular complexity index is 230. The van der Waals surface area contributed by atoms with Gasteiger partial charge in [-0.25, -0.2) is 0 Å². The highest BCUT2D eigenvalue weighted by Crippen LogP contribution is 2.16. The molecule has 0 bridgehead atoms. The third-order valence-corrected chi connectivity index (χ3v) is 2.44. The monoisotopic (exact) mass is 182 g/mol. The van der Waals surface area contributed by atoms with Crippen LogP contribution in [-0.2, 0) is 0 Å². The van der Waals surface area contributed by atoms with E-state index >= 15 is 0 Å². The van der Waals surface area contributed by atoms with Crippen LogP contribution in [0.25, 0.3) is 0 Å². The normalized spacial score (nSPS) is 12.9. The van der Waals surface area contributed by atoms with Crippen LogP contribution in [0.5, 0.6) is 0 Å². The summed E-state index contributed by atoms with van der Waals surface area (Å²) >= 11 is 1.66. The molecule has 1 rings (SSSR count). The van der Waals surface area contributed by atoms with E-state index in [1.165, 1.54) is 5.56 Å². The molecular formula is C10H14OS. The summed E-state index contributed by atoms with van der Waals surface area (Å²) in [7, 11) is 0. The molecule has 1 aromatic carbocycles. The zero-order valence-electron chi connectivity index (χ0n) is 7.45. The van der Waals surface area contributed by atoms with Gasteiger partial charge in [-0.15, -0.1) is 0 Å². The quantitative estimate of drug-likeness (QED) is 0.774. The number of hydrogen-bond donors (Lipinski definition) is 1. The van der Waals surface area contributed by atoms with E-state index < -0.39 is 0 Å². The molecule has 0 spiro atoms. The molecule has 66 valence electrons. The van der Waals surface area contributed by atoms with Gasteiger partial charge in [0.2, 0.25) is 0 Å². The maximum atomic E-state index is 9.59. The predicted molar refractivity (Wildman–Crippen MR) is 54.5 cm³/mol. The Morgan fingerprint density at radius 1 is 1.33 bits per heavy atom. The van der Waals surface area contributed by atoms with Crippen LogP contribution in [0.2, 0.25) is 0 Å². The van der Waals surface area contributed by atoms with Crippen LogP contribution >= 0.6 is 11.8 Å². The molecule has 0 saturated heterocycles. The Kier molecular flexibility index (Phi) is 3.63. The van der Waals surface area contributed by atoms with Crippen LogP contribution in [-0.4, -0.2) is 17.1 Å². The molecule has 1 unspecified atom stereocenters. The first-order chi connectivity index (χ1) is 5.74. The van der Waals surface area contributed by atoms with Crippen LogP contribution in [0.4, 0.5) is 0 Å². The minimum absolute atomic E-state index is 0.319. The topological polar surface area (TPSA) is 20.2 Å². The van der Waals surface area contributed by atoms with E-state index in [-0.39, 0.29) is 6.10 Å². The molecule has 1 nitrogen and oxygen atoms in total. The maximum Gasteiger partial charge on any atom is 0.0880 e. The second-order valence-corrected chi connectivity index (χ2v) is 3.79. The Morgan fingerprint density at radius 2 is 1.92 bits per heavy atom. The van der Waals surface area contributed by atoms with Gasteiger partial charge in [0.05, 0.1) is 6.10 Å². The second kappa shape index (κ2) is 4.53. The Balaban J connectivity index is 2.68. The average molecular weight is 182 g/mol. The van der Waals surface area contributed by atoms with Crippen molar-refractivity contribution in [1.82, 2.24) is 0 Å². The summed E-state index contributed by atoms with van der Waals surface area (Å²) in [4.78, 5) is 0. The SMILES string of the molecule is CSCC(O)c1ccc(C)cc1. The third kappa shape index (κ3) is 2.54. The van der Waals surface area contributed by atoms with Gasteiger partial charge in [0, 0.05) is 5.75 Å². The fourth-order valence-electron chi connectivity index (χ4n) is 1.04. The highest BCUT2D eigenvalue weighted by Gasteiger charge is 2.04. The zero-order valence-corrected chi connectivity index (χ0v) is 8.27. The van der Waals surface area contributed by atoms with Crippen molar-refractivity contribution in [3.8, 4) is 0 Å². The number of aliphatic hydroxyl groups is 1. The highest BCUT2D eigenvalue weighted by molar-refractivity contribution is 7.98. The minimum atomic E-state index is -0.319. The van der Waals surface area contributed by atoms with E-state index in [0.717, 1.165) is 11.3 Å². The average Bonchev–Trinajstić information content (AvgIpc) is 2.06. The predicted octanol–water partition coefficient (Wildman–Crippen LogP) is 2.39. The van der Waals surface area contributed by atoms with Crippen molar-refractivity contribution >= 4 is 11.8 Å². The molecule has 1 N–H and O–H groups in total. The number of aryl methyl sites for hydroxylation is 1. The van der Waals surface area contributed by atoms with E-state index in [9.17, 15) is 5.11 Å². The van der Waals surface area contributed by atoms with Crippen LogP contribution in [0.1, 0.15) is 17.2 Å². The summed E-state index contributed by atoms with van der Waals surface area (Å²) in [5.41, 5.74) is 2.24. The van der Waals surface area contributed by atoms with E-state index in [2.05, 4.69) is 0 Å². The lowest BCUT2D eigenvalue weighted by atomic mass is 10.1. The van der Waals surface area contributed by atoms with E-state index in [1.807, 2.05) is 37.4 Å². The largest absolute Gasteiger partial charge is 0.388 e. The van der Waals surface area contributed by atoms with Gasteiger partial charge in [0.25, 0.3) is 0 Å². The number of benzene rings is 1. The third-order valence-electron chi connectivity index (χ3n) is 1.79. The molecule has 12 heavy (non-hydrogen) atoms. The van der Waals surface area contributed by atoms with Crippen LogP contribution < -0.4 is 0 Å². The molecule has 0 fully saturated rings. The summed E-state index contributed by atoms with van der Waals surface area (Å²) in [5.74, 6) is 0.767. The summed E-state index contributed by atoms with van der Waals surface area (Å²) in [6, 6.07) is 8.02. The van der Waals surface area contributed by atoms with Crippen LogP contribution in [0.15, 0.2) is 24.3 Å². The van der Waals surface area contributed by atoms with E-state index in [1.54, 1.807) is 11.8 Å². The molecule has 1 aromatic rings. The molecule has 0 heterocycles. The lowest BCUT2D eigenvalue weighted by Crippen LogP contribution is -1.99. The zero-order chi connectivity index (χ0) is 8.97. The van der Waals surface area contributed by atoms with Crippen molar-refractivity contribution in [2.24, 2.45) is 0 Å². The molecule has 0 aromatic heterocycles. The number of aliphatic hydroxyl groups excluding tert-OH is 1. The highest BCUT2D eigenvalue weighted by atomic mass is 32.2. The van der Waals surface area contributed by atoms with Gasteiger partial charge >= 0.3 is 0 Å². The summed E-state index contributed by atoms with van der Waals surface area (Å²) in [6.07, 6.45) is 1.68. The molecule has 2 heteroatoms. The summed E-state index contributed by atoms with van der Waals surface area (Å²) in [5, 5.41) is 9.59. The first-order valence-electron chi connectivity index (χ1n) is 3.97. The number of thioether (sulfide) groups is 1. The number of hydrogen-bond acceptors (Lipinski definition) is 2. The van der Waals surface area contributed by atoms with E-state index in [4.69, 9.17) is 0 Å². The van der Waals surface area contributed by atoms with Crippen molar-refractivity contribution in [3.63, 3.8) is 0 Å². The van der Waals surface area contributed by atoms with Gasteiger partial charge in [-0.3, -0.25) is 0 Å². The summed E-state index contributed by atoms with van der Waals surface area (Å²) in [6.45, 7) is 2.05. The molecule has 0 aliphatic heterocycles. The van der Waals surface area contributed by atoms with Gasteiger partial charge in [-0.2, -0.15) is 11.8 Å². The van der Waals surface area contributed by atoms with Crippen molar-refractivity contribution in [1.29, 1.82) is 0 Å². The Morgan fingerprint density at radius 3 is 2.42 bits per heavy atom. The van der Waals surface area contributed by atoms with Crippen molar-refractivity contribution < 1.29 is 5.11 Å². The van der Waals surface area contributed by atoms with Gasteiger partial charge in [-0.1, -0.05) is 29.8 Å². The maximum absolute atomic E-state index is 9.59. The van der Waals surface area contributed by atoms with Gasteiger partial charge in [-0.05, 0) is 18.7 Å². The Labute approximate surface area is 77.8 Å². The first-order valence-corrected chi connectivity index (χ1v) is 5.37. The minimum Gasteiger partial charge on any atom is -0.388 e. The van der Waals surface area contributed by atoms with Gasteiger partial charge < -0.3 is 5.11 Å². The molecule has 1 atom stereocenters. The molecule has 0 aliphatic rings. The van der Waals surface area contributed by atoms with Gasteiger partial charge in [0.1, 0.15) is 0 Å². The first kappa shape index (κ1) is 9.62. The van der Waals surface area contributed by atoms with Crippen LogP contribution in [0, 0.1) is 6.92 Å².